The molecule has 3 aromatic rings. The Bertz CT molecular complexity index is 1180. The molecule has 0 radical (unpaired) electrons. The van der Waals surface area contributed by atoms with E-state index in [9.17, 15) is 23.3 Å². The van der Waals surface area contributed by atoms with Crippen LogP contribution in [0.25, 0.3) is 11.1 Å². The van der Waals surface area contributed by atoms with Crippen molar-refractivity contribution in [2.24, 2.45) is 0 Å². The van der Waals surface area contributed by atoms with E-state index in [-0.39, 0.29) is 17.2 Å². The molecule has 0 bridgehead atoms. The minimum absolute atomic E-state index is 0.102. The predicted molar refractivity (Wildman–Crippen MR) is 116 cm³/mol. The first-order chi connectivity index (χ1) is 14.8. The summed E-state index contributed by atoms with van der Waals surface area (Å²) in [6, 6.07) is 20.5. The number of nitrogens with zero attached hydrogens (tertiary/aromatic N) is 2. The number of nitro benzene ring substituents is 1. The maximum absolute atomic E-state index is 13.5. The summed E-state index contributed by atoms with van der Waals surface area (Å²) in [5.74, 6) is -0.712. The van der Waals surface area contributed by atoms with Crippen LogP contribution >= 0.6 is 0 Å². The minimum Gasteiger partial charge on any atom is -0.465 e. The Balaban J connectivity index is 2.14. The number of rotatable bonds is 8. The lowest BCUT2D eigenvalue weighted by atomic mass is 10.0. The molecule has 160 valence electrons. The van der Waals surface area contributed by atoms with Gasteiger partial charge in [-0.15, -0.1) is 0 Å². The van der Waals surface area contributed by atoms with Gasteiger partial charge in [-0.2, -0.15) is 0 Å². The smallest absolute Gasteiger partial charge is 0.326 e. The zero-order valence-electron chi connectivity index (χ0n) is 16.7. The molecule has 0 spiro atoms. The summed E-state index contributed by atoms with van der Waals surface area (Å²) < 4.78 is 32.9. The number of hydrogen-bond acceptors (Lipinski definition) is 6. The quantitative estimate of drug-likeness (QED) is 0.297. The summed E-state index contributed by atoms with van der Waals surface area (Å²) in [6.07, 6.45) is 0. The van der Waals surface area contributed by atoms with Crippen LogP contribution in [0.5, 0.6) is 0 Å². The molecule has 0 saturated heterocycles. The molecule has 3 rings (SSSR count). The monoisotopic (exact) mass is 440 g/mol. The Labute approximate surface area is 179 Å². The number of non-ortho nitro benzene ring substituents is 1. The fraction of sp³-hybridized carbons (Fsp3) is 0.136. The van der Waals surface area contributed by atoms with E-state index in [4.69, 9.17) is 4.74 Å². The zero-order chi connectivity index (χ0) is 22.4. The molecule has 8 nitrogen and oxygen atoms in total. The van der Waals surface area contributed by atoms with Crippen LogP contribution in [0.3, 0.4) is 0 Å². The highest BCUT2D eigenvalue weighted by atomic mass is 32.2. The Hall–Kier alpha value is -3.72. The second-order valence-corrected chi connectivity index (χ2v) is 8.31. The van der Waals surface area contributed by atoms with Crippen molar-refractivity contribution in [3.05, 3.63) is 89.0 Å². The van der Waals surface area contributed by atoms with Crippen molar-refractivity contribution < 1.29 is 22.9 Å². The number of anilines is 1. The van der Waals surface area contributed by atoms with E-state index in [0.717, 1.165) is 34.1 Å². The van der Waals surface area contributed by atoms with Crippen molar-refractivity contribution in [1.82, 2.24) is 0 Å². The fourth-order valence-corrected chi connectivity index (χ4v) is 4.47. The average Bonchev–Trinajstić information content (AvgIpc) is 2.78. The van der Waals surface area contributed by atoms with E-state index in [1.165, 1.54) is 0 Å². The van der Waals surface area contributed by atoms with Gasteiger partial charge in [0.15, 0.2) is 0 Å². The molecular weight excluding hydrogens is 420 g/mol. The standard InChI is InChI=1S/C22H20N2O6S/c1-2-30-22(25)16-23(31(28,29)19-14-12-18(13-15-19)24(26)27)21-11-7-6-10-20(21)17-8-4-3-5-9-17/h3-15H,2,16H2,1H3. The van der Waals surface area contributed by atoms with E-state index < -0.39 is 27.5 Å². The number of esters is 1. The van der Waals surface area contributed by atoms with Crippen molar-refractivity contribution in [3.8, 4) is 11.1 Å². The topological polar surface area (TPSA) is 107 Å². The van der Waals surface area contributed by atoms with Crippen LogP contribution in [0.4, 0.5) is 11.4 Å². The fourth-order valence-electron chi connectivity index (χ4n) is 3.04. The first-order valence-corrected chi connectivity index (χ1v) is 10.9. The van der Waals surface area contributed by atoms with Gasteiger partial charge in [0.2, 0.25) is 0 Å². The maximum atomic E-state index is 13.5. The van der Waals surface area contributed by atoms with Crippen LogP contribution in [-0.4, -0.2) is 32.5 Å². The highest BCUT2D eigenvalue weighted by molar-refractivity contribution is 7.92. The number of para-hydroxylation sites is 1. The van der Waals surface area contributed by atoms with Gasteiger partial charge >= 0.3 is 5.97 Å². The van der Waals surface area contributed by atoms with Gasteiger partial charge in [-0.05, 0) is 30.7 Å². The second-order valence-electron chi connectivity index (χ2n) is 6.45. The lowest BCUT2D eigenvalue weighted by Gasteiger charge is -2.26. The number of sulfonamides is 1. The third-order valence-corrected chi connectivity index (χ3v) is 6.25. The molecule has 3 aromatic carbocycles. The molecule has 0 amide bonds. The number of benzene rings is 3. The van der Waals surface area contributed by atoms with Crippen LogP contribution in [-0.2, 0) is 19.6 Å². The zero-order valence-corrected chi connectivity index (χ0v) is 17.5. The summed E-state index contributed by atoms with van der Waals surface area (Å²) in [7, 11) is -4.23. The van der Waals surface area contributed by atoms with Gasteiger partial charge < -0.3 is 4.74 Å². The number of carbonyl (C=O) groups excluding carboxylic acids is 1. The largest absolute Gasteiger partial charge is 0.465 e. The SMILES string of the molecule is CCOC(=O)CN(c1ccccc1-c1ccccc1)S(=O)(=O)c1ccc([N+](=O)[O-])cc1. The lowest BCUT2D eigenvalue weighted by Crippen LogP contribution is -2.37. The number of ether oxygens (including phenoxy) is 1. The van der Waals surface area contributed by atoms with Gasteiger partial charge in [0.1, 0.15) is 6.54 Å². The van der Waals surface area contributed by atoms with Crippen LogP contribution in [0.15, 0.2) is 83.8 Å². The second kappa shape index (κ2) is 9.40. The third kappa shape index (κ3) is 4.89. The van der Waals surface area contributed by atoms with Crippen molar-refractivity contribution in [3.63, 3.8) is 0 Å². The van der Waals surface area contributed by atoms with E-state index >= 15 is 0 Å². The first-order valence-electron chi connectivity index (χ1n) is 9.42. The summed E-state index contributed by atoms with van der Waals surface area (Å²) >= 11 is 0. The molecule has 0 aromatic heterocycles. The molecule has 0 unspecified atom stereocenters. The average molecular weight is 440 g/mol. The van der Waals surface area contributed by atoms with Crippen LogP contribution in [0.2, 0.25) is 0 Å². The molecule has 0 fully saturated rings. The minimum atomic E-state index is -4.23. The number of nitro groups is 1. The van der Waals surface area contributed by atoms with Crippen molar-refractivity contribution in [1.29, 1.82) is 0 Å². The Morgan fingerprint density at radius 2 is 1.58 bits per heavy atom. The summed E-state index contributed by atoms with van der Waals surface area (Å²) in [5, 5.41) is 10.9. The molecule has 0 N–H and O–H groups in total. The predicted octanol–water partition coefficient (Wildman–Crippen LogP) is 4.02. The van der Waals surface area contributed by atoms with Crippen LogP contribution in [0, 0.1) is 10.1 Å². The van der Waals surface area contributed by atoms with Crippen molar-refractivity contribution >= 4 is 27.4 Å². The van der Waals surface area contributed by atoms with E-state index in [1.54, 1.807) is 31.2 Å². The van der Waals surface area contributed by atoms with Gasteiger partial charge in [-0.1, -0.05) is 48.5 Å². The van der Waals surface area contributed by atoms with Crippen molar-refractivity contribution in [2.75, 3.05) is 17.5 Å². The molecule has 0 saturated carbocycles. The summed E-state index contributed by atoms with van der Waals surface area (Å²) in [4.78, 5) is 22.4. The molecule has 9 heteroatoms. The van der Waals surface area contributed by atoms with Gasteiger partial charge in [0.05, 0.1) is 22.1 Å². The normalized spacial score (nSPS) is 11.0. The highest BCUT2D eigenvalue weighted by Crippen LogP contribution is 2.34. The highest BCUT2D eigenvalue weighted by Gasteiger charge is 2.30. The van der Waals surface area contributed by atoms with Crippen LogP contribution < -0.4 is 4.31 Å². The molecule has 31 heavy (non-hydrogen) atoms. The van der Waals surface area contributed by atoms with E-state index in [1.807, 2.05) is 30.3 Å². The Morgan fingerprint density at radius 1 is 0.968 bits per heavy atom. The van der Waals surface area contributed by atoms with E-state index in [2.05, 4.69) is 0 Å². The lowest BCUT2D eigenvalue weighted by molar-refractivity contribution is -0.384. The third-order valence-electron chi connectivity index (χ3n) is 4.47. The van der Waals surface area contributed by atoms with E-state index in [0.29, 0.717) is 11.3 Å². The number of carbonyl (C=O) groups is 1. The Kier molecular flexibility index (Phi) is 6.66. The van der Waals surface area contributed by atoms with Crippen LogP contribution in [0.1, 0.15) is 6.92 Å². The molecular formula is C22H20N2O6S. The molecule has 0 aliphatic heterocycles. The summed E-state index contributed by atoms with van der Waals surface area (Å²) in [5.41, 5.74) is 1.43. The Morgan fingerprint density at radius 3 is 2.19 bits per heavy atom. The maximum Gasteiger partial charge on any atom is 0.326 e. The van der Waals surface area contributed by atoms with Gasteiger partial charge in [-0.25, -0.2) is 8.42 Å². The molecule has 0 aliphatic carbocycles. The molecule has 0 aliphatic rings. The molecule has 0 heterocycles. The number of hydrogen-bond donors (Lipinski definition) is 0. The van der Waals surface area contributed by atoms with Gasteiger partial charge in [-0.3, -0.25) is 19.2 Å². The van der Waals surface area contributed by atoms with Crippen molar-refractivity contribution in [2.45, 2.75) is 11.8 Å². The van der Waals surface area contributed by atoms with Gasteiger partial charge in [0.25, 0.3) is 15.7 Å². The van der Waals surface area contributed by atoms with Gasteiger partial charge in [0, 0.05) is 17.7 Å². The molecule has 0 atom stereocenters. The first kappa shape index (κ1) is 22.0. The summed E-state index contributed by atoms with van der Waals surface area (Å²) in [6.45, 7) is 1.19.